The molecule has 0 spiro atoms. The van der Waals surface area contributed by atoms with Crippen LogP contribution in [0.1, 0.15) is 0 Å². The van der Waals surface area contributed by atoms with Crippen LogP contribution in [0.25, 0.3) is 10.8 Å². The number of halogens is 1. The minimum atomic E-state index is 0.914. The quantitative estimate of drug-likeness (QED) is 0.729. The van der Waals surface area contributed by atoms with Crippen molar-refractivity contribution in [1.82, 2.24) is 0 Å². The van der Waals surface area contributed by atoms with E-state index >= 15 is 0 Å². The molecule has 0 aliphatic carbocycles. The largest absolute Gasteiger partial charge is 0.497 e. The second-order valence-corrected chi connectivity index (χ2v) is 3.99. The Morgan fingerprint density at radius 2 is 2.00 bits per heavy atom. The van der Waals surface area contributed by atoms with Crippen LogP contribution in [0.4, 0.5) is 0 Å². The highest BCUT2D eigenvalue weighted by atomic mass is 127. The Morgan fingerprint density at radius 1 is 1.15 bits per heavy atom. The van der Waals surface area contributed by atoms with Crippen LogP contribution in [0.3, 0.4) is 0 Å². The molecule has 0 bridgehead atoms. The van der Waals surface area contributed by atoms with Gasteiger partial charge in [0, 0.05) is 3.57 Å². The first kappa shape index (κ1) is 8.81. The first-order valence-corrected chi connectivity index (χ1v) is 5.11. The van der Waals surface area contributed by atoms with E-state index in [0.29, 0.717) is 0 Å². The molecule has 0 aliphatic rings. The van der Waals surface area contributed by atoms with Gasteiger partial charge in [-0.05, 0) is 51.6 Å². The summed E-state index contributed by atoms with van der Waals surface area (Å²) in [5, 5.41) is 2.51. The number of hydrogen-bond acceptors (Lipinski definition) is 1. The smallest absolute Gasteiger partial charge is 0.119 e. The molecule has 2 heteroatoms. The van der Waals surface area contributed by atoms with Crippen LogP contribution in [0.2, 0.25) is 0 Å². The van der Waals surface area contributed by atoms with E-state index in [4.69, 9.17) is 4.74 Å². The molecule has 0 heterocycles. The van der Waals surface area contributed by atoms with Gasteiger partial charge in [0.05, 0.1) is 7.11 Å². The number of rotatable bonds is 1. The third kappa shape index (κ3) is 1.63. The molecule has 2 rings (SSSR count). The zero-order chi connectivity index (χ0) is 9.26. The molecule has 2 aromatic carbocycles. The molecular weight excluding hydrogens is 275 g/mol. The van der Waals surface area contributed by atoms with Crippen LogP contribution in [0.5, 0.6) is 5.75 Å². The molecule has 1 nitrogen and oxygen atoms in total. The Balaban J connectivity index is 2.74. The maximum atomic E-state index is 5.17. The molecule has 0 atom stereocenters. The highest BCUT2D eigenvalue weighted by Gasteiger charge is 1.98. The molecule has 0 N–H and O–H groups in total. The Morgan fingerprint density at radius 3 is 2.77 bits per heavy atom. The van der Waals surface area contributed by atoms with Crippen LogP contribution in [-0.2, 0) is 0 Å². The van der Waals surface area contributed by atoms with Crippen molar-refractivity contribution >= 4 is 33.4 Å². The fourth-order valence-electron chi connectivity index (χ4n) is 1.34. The first-order chi connectivity index (χ1) is 6.31. The second kappa shape index (κ2) is 3.54. The minimum Gasteiger partial charge on any atom is -0.497 e. The van der Waals surface area contributed by atoms with Crippen LogP contribution in [0.15, 0.2) is 36.4 Å². The van der Waals surface area contributed by atoms with Gasteiger partial charge < -0.3 is 4.74 Å². The molecule has 66 valence electrons. The Bertz CT molecular complexity index is 437. The van der Waals surface area contributed by atoms with Crippen LogP contribution in [-0.4, -0.2) is 7.11 Å². The van der Waals surface area contributed by atoms with Crippen molar-refractivity contribution in [1.29, 1.82) is 0 Å². The van der Waals surface area contributed by atoms with Crippen molar-refractivity contribution in [3.05, 3.63) is 40.0 Å². The highest BCUT2D eigenvalue weighted by Crippen LogP contribution is 2.24. The van der Waals surface area contributed by atoms with Crippen molar-refractivity contribution in [2.45, 2.75) is 0 Å². The van der Waals surface area contributed by atoms with E-state index in [9.17, 15) is 0 Å². The van der Waals surface area contributed by atoms with Gasteiger partial charge in [-0.25, -0.2) is 0 Å². The first-order valence-electron chi connectivity index (χ1n) is 4.03. The molecule has 0 saturated heterocycles. The van der Waals surface area contributed by atoms with E-state index < -0.39 is 0 Å². The van der Waals surface area contributed by atoms with Gasteiger partial charge in [0.25, 0.3) is 0 Å². The van der Waals surface area contributed by atoms with Crippen LogP contribution < -0.4 is 4.74 Å². The van der Waals surface area contributed by atoms with E-state index in [-0.39, 0.29) is 0 Å². The van der Waals surface area contributed by atoms with Gasteiger partial charge in [-0.15, -0.1) is 0 Å². The summed E-state index contributed by atoms with van der Waals surface area (Å²) < 4.78 is 6.43. The van der Waals surface area contributed by atoms with Gasteiger partial charge in [0.1, 0.15) is 5.75 Å². The molecule has 13 heavy (non-hydrogen) atoms. The third-order valence-electron chi connectivity index (χ3n) is 2.04. The summed E-state index contributed by atoms with van der Waals surface area (Å²) in [6.45, 7) is 0. The highest BCUT2D eigenvalue weighted by molar-refractivity contribution is 14.1. The number of ether oxygens (including phenoxy) is 1. The maximum absolute atomic E-state index is 5.17. The normalized spacial score (nSPS) is 10.3. The monoisotopic (exact) mass is 284 g/mol. The van der Waals surface area contributed by atoms with Crippen molar-refractivity contribution in [2.75, 3.05) is 7.11 Å². The predicted octanol–water partition coefficient (Wildman–Crippen LogP) is 3.45. The fraction of sp³-hybridized carbons (Fsp3) is 0.0909. The zero-order valence-corrected chi connectivity index (χ0v) is 9.41. The van der Waals surface area contributed by atoms with Gasteiger partial charge in [-0.2, -0.15) is 0 Å². The van der Waals surface area contributed by atoms with E-state index in [1.54, 1.807) is 7.11 Å². The van der Waals surface area contributed by atoms with Gasteiger partial charge >= 0.3 is 0 Å². The Labute approximate surface area is 90.9 Å². The van der Waals surface area contributed by atoms with E-state index in [1.807, 2.05) is 6.07 Å². The number of hydrogen-bond donors (Lipinski definition) is 0. The molecule has 0 amide bonds. The average Bonchev–Trinajstić information content (AvgIpc) is 2.18. The topological polar surface area (TPSA) is 9.23 Å². The van der Waals surface area contributed by atoms with Crippen molar-refractivity contribution in [3.8, 4) is 5.75 Å². The Kier molecular flexibility index (Phi) is 2.40. The Hall–Kier alpha value is -0.770. The summed E-state index contributed by atoms with van der Waals surface area (Å²) >= 11 is 2.34. The lowest BCUT2D eigenvalue weighted by atomic mass is 10.1. The summed E-state index contributed by atoms with van der Waals surface area (Å²) in [5.74, 6) is 0.914. The van der Waals surface area contributed by atoms with E-state index in [1.165, 1.54) is 14.3 Å². The number of benzene rings is 2. The minimum absolute atomic E-state index is 0.914. The van der Waals surface area contributed by atoms with E-state index in [2.05, 4.69) is 52.9 Å². The lowest BCUT2D eigenvalue weighted by Gasteiger charge is -2.03. The SMILES string of the molecule is COc1ccc2cccc(I)c2c1. The molecule has 0 fully saturated rings. The molecule has 0 radical (unpaired) electrons. The number of fused-ring (bicyclic) bond motifs is 1. The van der Waals surface area contributed by atoms with Crippen molar-refractivity contribution < 1.29 is 4.74 Å². The van der Waals surface area contributed by atoms with Crippen LogP contribution >= 0.6 is 22.6 Å². The zero-order valence-electron chi connectivity index (χ0n) is 7.25. The molecule has 0 aliphatic heterocycles. The van der Waals surface area contributed by atoms with Gasteiger partial charge in [-0.3, -0.25) is 0 Å². The molecule has 0 aromatic heterocycles. The second-order valence-electron chi connectivity index (χ2n) is 2.83. The average molecular weight is 284 g/mol. The molecule has 2 aromatic rings. The lowest BCUT2D eigenvalue weighted by molar-refractivity contribution is 0.415. The molecule has 0 unspecified atom stereocenters. The van der Waals surface area contributed by atoms with Gasteiger partial charge in [-0.1, -0.05) is 18.2 Å². The molecular formula is C11H9IO. The van der Waals surface area contributed by atoms with Gasteiger partial charge in [0.2, 0.25) is 0 Å². The maximum Gasteiger partial charge on any atom is 0.119 e. The van der Waals surface area contributed by atoms with Gasteiger partial charge in [0.15, 0.2) is 0 Å². The van der Waals surface area contributed by atoms with Crippen molar-refractivity contribution in [3.63, 3.8) is 0 Å². The number of methoxy groups -OCH3 is 1. The summed E-state index contributed by atoms with van der Waals surface area (Å²) in [7, 11) is 1.69. The van der Waals surface area contributed by atoms with E-state index in [0.717, 1.165) is 5.75 Å². The summed E-state index contributed by atoms with van der Waals surface area (Å²) in [4.78, 5) is 0. The molecule has 0 saturated carbocycles. The van der Waals surface area contributed by atoms with Crippen molar-refractivity contribution in [2.24, 2.45) is 0 Å². The van der Waals surface area contributed by atoms with Crippen LogP contribution in [0, 0.1) is 3.57 Å². The predicted molar refractivity (Wildman–Crippen MR) is 63.2 cm³/mol. The standard InChI is InChI=1S/C11H9IO/c1-13-9-6-5-8-3-2-4-11(12)10(8)7-9/h2-7H,1H3. The third-order valence-corrected chi connectivity index (χ3v) is 2.98. The summed E-state index contributed by atoms with van der Waals surface area (Å²) in [5.41, 5.74) is 0. The lowest BCUT2D eigenvalue weighted by Crippen LogP contribution is -1.83. The summed E-state index contributed by atoms with van der Waals surface area (Å²) in [6.07, 6.45) is 0. The fourth-order valence-corrected chi connectivity index (χ4v) is 2.02. The summed E-state index contributed by atoms with van der Waals surface area (Å²) in [6, 6.07) is 12.4.